The molecule has 0 spiro atoms. The van der Waals surface area contributed by atoms with Crippen molar-refractivity contribution >= 4 is 9.84 Å². The number of nitrogens with one attached hydrogen (secondary N) is 2. The van der Waals surface area contributed by atoms with E-state index in [0.717, 1.165) is 6.54 Å². The molecule has 0 aliphatic rings. The van der Waals surface area contributed by atoms with Crippen molar-refractivity contribution in [3.8, 4) is 0 Å². The van der Waals surface area contributed by atoms with E-state index < -0.39 is 9.84 Å². The SMILES string of the molecule is CC(C)NCC(C)NCC(C)S(C)(=O)=O. The largest absolute Gasteiger partial charge is 0.313 e. The molecule has 5 heteroatoms. The highest BCUT2D eigenvalue weighted by Gasteiger charge is 2.15. The molecule has 2 atom stereocenters. The Hall–Kier alpha value is -0.130. The average Bonchev–Trinajstić information content (AvgIpc) is 2.09. The molecule has 0 amide bonds. The lowest BCUT2D eigenvalue weighted by Gasteiger charge is -2.18. The Kier molecular flexibility index (Phi) is 6.40. The van der Waals surface area contributed by atoms with Gasteiger partial charge in [-0.05, 0) is 13.8 Å². The van der Waals surface area contributed by atoms with Crippen molar-refractivity contribution in [2.75, 3.05) is 19.3 Å². The van der Waals surface area contributed by atoms with E-state index in [0.29, 0.717) is 12.6 Å². The third-order valence-electron chi connectivity index (χ3n) is 2.32. The predicted octanol–water partition coefficient (Wildman–Crippen LogP) is 0.396. The molecule has 0 saturated carbocycles. The number of hydrogen-bond acceptors (Lipinski definition) is 4. The Labute approximate surface area is 93.7 Å². The van der Waals surface area contributed by atoms with Crippen LogP contribution in [0, 0.1) is 0 Å². The quantitative estimate of drug-likeness (QED) is 0.671. The minimum atomic E-state index is -2.91. The van der Waals surface area contributed by atoms with Crippen LogP contribution in [0.1, 0.15) is 27.7 Å². The van der Waals surface area contributed by atoms with Gasteiger partial charge in [0.2, 0.25) is 0 Å². The molecule has 0 fully saturated rings. The molecule has 0 rings (SSSR count). The van der Waals surface area contributed by atoms with Crippen LogP contribution < -0.4 is 10.6 Å². The van der Waals surface area contributed by atoms with Crippen LogP contribution in [0.15, 0.2) is 0 Å². The lowest BCUT2D eigenvalue weighted by atomic mass is 10.3. The molecule has 0 aromatic heterocycles. The van der Waals surface area contributed by atoms with Gasteiger partial charge in [0.05, 0.1) is 5.25 Å². The van der Waals surface area contributed by atoms with Crippen molar-refractivity contribution in [2.24, 2.45) is 0 Å². The molecule has 0 aliphatic carbocycles. The summed E-state index contributed by atoms with van der Waals surface area (Å²) in [5, 5.41) is 6.18. The van der Waals surface area contributed by atoms with Crippen molar-refractivity contribution in [1.82, 2.24) is 10.6 Å². The van der Waals surface area contributed by atoms with E-state index >= 15 is 0 Å². The van der Waals surface area contributed by atoms with E-state index in [9.17, 15) is 8.42 Å². The van der Waals surface area contributed by atoms with E-state index in [-0.39, 0.29) is 11.3 Å². The number of sulfone groups is 1. The van der Waals surface area contributed by atoms with Crippen molar-refractivity contribution in [3.63, 3.8) is 0 Å². The van der Waals surface area contributed by atoms with Gasteiger partial charge in [-0.15, -0.1) is 0 Å². The van der Waals surface area contributed by atoms with Gasteiger partial charge in [-0.3, -0.25) is 0 Å². The first kappa shape index (κ1) is 14.9. The zero-order chi connectivity index (χ0) is 12.1. The van der Waals surface area contributed by atoms with Crippen molar-refractivity contribution in [1.29, 1.82) is 0 Å². The molecule has 2 N–H and O–H groups in total. The highest BCUT2D eigenvalue weighted by atomic mass is 32.2. The van der Waals surface area contributed by atoms with Crippen LogP contribution in [0.5, 0.6) is 0 Å². The molecular formula is C10H24N2O2S. The monoisotopic (exact) mass is 236 g/mol. The molecule has 15 heavy (non-hydrogen) atoms. The molecular weight excluding hydrogens is 212 g/mol. The van der Waals surface area contributed by atoms with Gasteiger partial charge >= 0.3 is 0 Å². The van der Waals surface area contributed by atoms with Crippen LogP contribution in [-0.2, 0) is 9.84 Å². The van der Waals surface area contributed by atoms with Crippen LogP contribution >= 0.6 is 0 Å². The Balaban J connectivity index is 3.76. The van der Waals surface area contributed by atoms with E-state index in [4.69, 9.17) is 0 Å². The molecule has 0 aromatic carbocycles. The Bertz CT molecular complexity index is 263. The summed E-state index contributed by atoms with van der Waals surface area (Å²) in [6, 6.07) is 0.748. The first-order valence-electron chi connectivity index (χ1n) is 5.39. The molecule has 0 heterocycles. The van der Waals surface area contributed by atoms with Crippen molar-refractivity contribution in [3.05, 3.63) is 0 Å². The number of hydrogen-bond donors (Lipinski definition) is 2. The van der Waals surface area contributed by atoms with Crippen molar-refractivity contribution in [2.45, 2.75) is 45.0 Å². The lowest BCUT2D eigenvalue weighted by molar-refractivity contribution is 0.472. The minimum Gasteiger partial charge on any atom is -0.313 e. The molecule has 0 saturated heterocycles. The van der Waals surface area contributed by atoms with Gasteiger partial charge in [-0.2, -0.15) is 0 Å². The third kappa shape index (κ3) is 7.76. The Morgan fingerprint density at radius 2 is 1.53 bits per heavy atom. The first-order chi connectivity index (χ1) is 6.73. The van der Waals surface area contributed by atoms with Gasteiger partial charge in [-0.25, -0.2) is 8.42 Å². The maximum atomic E-state index is 11.2. The summed E-state index contributed by atoms with van der Waals surface area (Å²) in [6.07, 6.45) is 1.27. The summed E-state index contributed by atoms with van der Waals surface area (Å²) in [7, 11) is -2.91. The van der Waals surface area contributed by atoms with Gasteiger partial charge in [0, 0.05) is 31.4 Å². The van der Waals surface area contributed by atoms with Crippen LogP contribution in [0.4, 0.5) is 0 Å². The normalized spacial score (nSPS) is 16.7. The molecule has 2 unspecified atom stereocenters. The zero-order valence-corrected chi connectivity index (χ0v) is 11.2. The molecule has 0 aliphatic heterocycles. The summed E-state index contributed by atoms with van der Waals surface area (Å²) >= 11 is 0. The molecule has 0 bridgehead atoms. The standard InChI is InChI=1S/C10H24N2O2S/c1-8(2)11-6-9(3)12-7-10(4)15(5,13)14/h8-12H,6-7H2,1-5H3. The first-order valence-corrected chi connectivity index (χ1v) is 7.34. The van der Waals surface area contributed by atoms with Crippen LogP contribution in [0.25, 0.3) is 0 Å². The third-order valence-corrected chi connectivity index (χ3v) is 3.95. The van der Waals surface area contributed by atoms with Gasteiger partial charge in [0.1, 0.15) is 0 Å². The van der Waals surface area contributed by atoms with Crippen molar-refractivity contribution < 1.29 is 8.42 Å². The van der Waals surface area contributed by atoms with E-state index in [1.807, 2.05) is 6.92 Å². The summed E-state index contributed by atoms with van der Waals surface area (Å²) in [5.41, 5.74) is 0. The molecule has 0 radical (unpaired) electrons. The predicted molar refractivity (Wildman–Crippen MR) is 64.9 cm³/mol. The zero-order valence-electron chi connectivity index (χ0n) is 10.4. The summed E-state index contributed by atoms with van der Waals surface area (Å²) < 4.78 is 22.3. The van der Waals surface area contributed by atoms with E-state index in [1.54, 1.807) is 6.92 Å². The van der Waals surface area contributed by atoms with Crippen LogP contribution in [0.3, 0.4) is 0 Å². The molecule has 4 nitrogen and oxygen atoms in total. The highest BCUT2D eigenvalue weighted by Crippen LogP contribution is 1.96. The minimum absolute atomic E-state index is 0.289. The highest BCUT2D eigenvalue weighted by molar-refractivity contribution is 7.91. The summed E-state index contributed by atoms with van der Waals surface area (Å²) in [6.45, 7) is 9.32. The Morgan fingerprint density at radius 3 is 1.93 bits per heavy atom. The lowest BCUT2D eigenvalue weighted by Crippen LogP contribution is -2.42. The summed E-state index contributed by atoms with van der Waals surface area (Å²) in [5.74, 6) is 0. The smallest absolute Gasteiger partial charge is 0.151 e. The van der Waals surface area contributed by atoms with Gasteiger partial charge in [0.25, 0.3) is 0 Å². The van der Waals surface area contributed by atoms with Crippen LogP contribution in [-0.4, -0.2) is 45.1 Å². The topological polar surface area (TPSA) is 58.2 Å². The summed E-state index contributed by atoms with van der Waals surface area (Å²) in [4.78, 5) is 0. The Morgan fingerprint density at radius 1 is 1.00 bits per heavy atom. The van der Waals surface area contributed by atoms with Gasteiger partial charge < -0.3 is 10.6 Å². The van der Waals surface area contributed by atoms with E-state index in [2.05, 4.69) is 24.5 Å². The number of rotatable bonds is 7. The molecule has 0 aromatic rings. The maximum absolute atomic E-state index is 11.2. The maximum Gasteiger partial charge on any atom is 0.151 e. The second-order valence-corrected chi connectivity index (χ2v) is 6.98. The van der Waals surface area contributed by atoms with Gasteiger partial charge in [-0.1, -0.05) is 13.8 Å². The fourth-order valence-corrected chi connectivity index (χ4v) is 1.40. The molecule has 92 valence electrons. The average molecular weight is 236 g/mol. The second-order valence-electron chi connectivity index (χ2n) is 4.51. The fraction of sp³-hybridized carbons (Fsp3) is 1.00. The van der Waals surface area contributed by atoms with Gasteiger partial charge in [0.15, 0.2) is 9.84 Å². The van der Waals surface area contributed by atoms with Crippen LogP contribution in [0.2, 0.25) is 0 Å². The van der Waals surface area contributed by atoms with E-state index in [1.165, 1.54) is 6.26 Å². The fourth-order valence-electron chi connectivity index (χ4n) is 1.00. The second kappa shape index (κ2) is 6.45.